The van der Waals surface area contributed by atoms with Crippen LogP contribution in [0, 0.1) is 11.3 Å². The van der Waals surface area contributed by atoms with Crippen molar-refractivity contribution in [1.82, 2.24) is 0 Å². The van der Waals surface area contributed by atoms with Crippen LogP contribution in [-0.4, -0.2) is 5.75 Å². The highest BCUT2D eigenvalue weighted by molar-refractivity contribution is 7.80. The van der Waals surface area contributed by atoms with Crippen LogP contribution in [0.4, 0.5) is 0 Å². The lowest BCUT2D eigenvalue weighted by Crippen LogP contribution is -1.81. The minimum Gasteiger partial charge on any atom is -0.193 e. The second kappa shape index (κ2) is 20.9. The summed E-state index contributed by atoms with van der Waals surface area (Å²) in [6, 6.07) is 1.69. The maximum atomic E-state index is 7.51. The number of allylic oxidation sites excluding steroid dienone is 1. The number of hydrogen-bond donors (Lipinski definition) is 1. The third kappa shape index (κ3) is 25.7. The fraction of sp³-hybridized carbons (Fsp3) is 0.800. The Morgan fingerprint density at radius 2 is 1.29 bits per heavy atom. The van der Waals surface area contributed by atoms with Crippen molar-refractivity contribution < 1.29 is 0 Å². The van der Waals surface area contributed by atoms with Gasteiger partial charge in [-0.15, -0.1) is 0 Å². The summed E-state index contributed by atoms with van der Waals surface area (Å²) in [6.45, 7) is 5.39. The number of unbranched alkanes of at least 4 members (excludes halogenated alkanes) is 9. The first-order valence-electron chi connectivity index (χ1n) is 6.94. The molecule has 0 fully saturated rings. The molecule has 0 radical (unpaired) electrons. The van der Waals surface area contributed by atoms with Crippen molar-refractivity contribution in [2.75, 3.05) is 5.75 Å². The standard InChI is InChI=1S/C12H26S.C3H3N/c1-2-3-4-5-6-7-8-9-10-11-12-13;1-2-3-4/h13H,2-12H2,1H3;2H,1H2. The van der Waals surface area contributed by atoms with Crippen molar-refractivity contribution in [2.45, 2.75) is 71.1 Å². The van der Waals surface area contributed by atoms with E-state index in [1.54, 1.807) is 6.07 Å². The van der Waals surface area contributed by atoms with Gasteiger partial charge >= 0.3 is 0 Å². The third-order valence-corrected chi connectivity index (χ3v) is 2.92. The Hall–Kier alpha value is -0.420. The number of rotatable bonds is 10. The van der Waals surface area contributed by atoms with E-state index in [0.29, 0.717) is 0 Å². The topological polar surface area (TPSA) is 23.8 Å². The molecule has 0 spiro atoms. The van der Waals surface area contributed by atoms with Crippen molar-refractivity contribution in [3.05, 3.63) is 12.7 Å². The molecule has 2 heteroatoms. The van der Waals surface area contributed by atoms with Gasteiger partial charge in [0.05, 0.1) is 6.07 Å². The number of nitriles is 1. The summed E-state index contributed by atoms with van der Waals surface area (Å²) in [5.41, 5.74) is 0. The van der Waals surface area contributed by atoms with Crippen LogP contribution in [0.1, 0.15) is 71.1 Å². The van der Waals surface area contributed by atoms with E-state index in [9.17, 15) is 0 Å². The van der Waals surface area contributed by atoms with E-state index >= 15 is 0 Å². The van der Waals surface area contributed by atoms with E-state index in [1.165, 1.54) is 70.3 Å². The molecule has 0 rings (SSSR count). The number of nitrogens with zero attached hydrogens (tertiary/aromatic N) is 1. The Labute approximate surface area is 114 Å². The third-order valence-electron chi connectivity index (χ3n) is 2.60. The van der Waals surface area contributed by atoms with Crippen LogP contribution in [0.3, 0.4) is 0 Å². The van der Waals surface area contributed by atoms with Gasteiger partial charge in [-0.3, -0.25) is 0 Å². The second-order valence-electron chi connectivity index (χ2n) is 4.24. The van der Waals surface area contributed by atoms with Crippen LogP contribution in [0.15, 0.2) is 12.7 Å². The average Bonchev–Trinajstić information content (AvgIpc) is 2.37. The fourth-order valence-electron chi connectivity index (χ4n) is 1.60. The van der Waals surface area contributed by atoms with Gasteiger partial charge < -0.3 is 0 Å². The molecule has 0 bridgehead atoms. The van der Waals surface area contributed by atoms with Gasteiger partial charge in [0.15, 0.2) is 0 Å². The van der Waals surface area contributed by atoms with Gasteiger partial charge in [0.1, 0.15) is 0 Å². The molecule has 0 aromatic rings. The Bertz CT molecular complexity index is 162. The SMILES string of the molecule is C=CC#N.CCCCCCCCCCCCS. The van der Waals surface area contributed by atoms with Crippen LogP contribution in [0.2, 0.25) is 0 Å². The zero-order valence-electron chi connectivity index (χ0n) is 11.5. The Kier molecular flexibility index (Phi) is 23.3. The minimum atomic E-state index is 1.07. The van der Waals surface area contributed by atoms with Crippen molar-refractivity contribution in [2.24, 2.45) is 0 Å². The highest BCUT2D eigenvalue weighted by Crippen LogP contribution is 2.10. The molecule has 0 aliphatic heterocycles. The molecule has 0 heterocycles. The molecule has 100 valence electrons. The zero-order valence-corrected chi connectivity index (χ0v) is 12.4. The summed E-state index contributed by atoms with van der Waals surface area (Å²) in [7, 11) is 0. The predicted octanol–water partition coefficient (Wildman–Crippen LogP) is 5.53. The molecule has 0 amide bonds. The van der Waals surface area contributed by atoms with Gasteiger partial charge in [0, 0.05) is 6.08 Å². The van der Waals surface area contributed by atoms with E-state index in [-0.39, 0.29) is 0 Å². The number of thiol groups is 1. The first-order chi connectivity index (χ1) is 8.33. The molecule has 0 unspecified atom stereocenters. The normalized spacial score (nSPS) is 9.00. The maximum absolute atomic E-state index is 7.51. The lowest BCUT2D eigenvalue weighted by molar-refractivity contribution is 0.563. The van der Waals surface area contributed by atoms with Crippen LogP contribution in [-0.2, 0) is 0 Å². The van der Waals surface area contributed by atoms with Gasteiger partial charge in [-0.2, -0.15) is 17.9 Å². The van der Waals surface area contributed by atoms with Crippen LogP contribution >= 0.6 is 12.6 Å². The summed E-state index contributed by atoms with van der Waals surface area (Å²) >= 11 is 4.20. The predicted molar refractivity (Wildman–Crippen MR) is 81.5 cm³/mol. The van der Waals surface area contributed by atoms with Crippen LogP contribution < -0.4 is 0 Å². The molecule has 17 heavy (non-hydrogen) atoms. The Balaban J connectivity index is 0. The molecule has 1 nitrogen and oxygen atoms in total. The van der Waals surface area contributed by atoms with Gasteiger partial charge in [-0.1, -0.05) is 71.3 Å². The molecule has 0 aromatic carbocycles. The Morgan fingerprint density at radius 1 is 0.941 bits per heavy atom. The largest absolute Gasteiger partial charge is 0.193 e. The quantitative estimate of drug-likeness (QED) is 0.309. The highest BCUT2D eigenvalue weighted by atomic mass is 32.1. The molecule has 0 aliphatic rings. The molecule has 0 saturated carbocycles. The van der Waals surface area contributed by atoms with Gasteiger partial charge in [-0.05, 0) is 12.2 Å². The van der Waals surface area contributed by atoms with Crippen molar-refractivity contribution >= 4 is 12.6 Å². The van der Waals surface area contributed by atoms with E-state index < -0.39 is 0 Å². The van der Waals surface area contributed by atoms with Gasteiger partial charge in [-0.25, -0.2) is 0 Å². The monoisotopic (exact) mass is 255 g/mol. The summed E-state index contributed by atoms with van der Waals surface area (Å²) in [5.74, 6) is 1.07. The summed E-state index contributed by atoms with van der Waals surface area (Å²) in [4.78, 5) is 0. The van der Waals surface area contributed by atoms with Crippen LogP contribution in [0.5, 0.6) is 0 Å². The Morgan fingerprint density at radius 3 is 1.59 bits per heavy atom. The molecule has 0 aromatic heterocycles. The average molecular weight is 255 g/mol. The molecule has 0 atom stereocenters. The summed E-state index contributed by atoms with van der Waals surface area (Å²) in [5, 5.41) is 7.51. The summed E-state index contributed by atoms with van der Waals surface area (Å²) < 4.78 is 0. The molecule has 0 saturated heterocycles. The molecular formula is C15H29NS. The lowest BCUT2D eigenvalue weighted by Gasteiger charge is -2.00. The van der Waals surface area contributed by atoms with Gasteiger partial charge in [0.2, 0.25) is 0 Å². The lowest BCUT2D eigenvalue weighted by atomic mass is 10.1. The van der Waals surface area contributed by atoms with Gasteiger partial charge in [0.25, 0.3) is 0 Å². The first kappa shape index (κ1) is 18.9. The molecular weight excluding hydrogens is 226 g/mol. The van der Waals surface area contributed by atoms with Crippen molar-refractivity contribution in [3.63, 3.8) is 0 Å². The highest BCUT2D eigenvalue weighted by Gasteiger charge is 1.91. The van der Waals surface area contributed by atoms with E-state index in [4.69, 9.17) is 5.26 Å². The van der Waals surface area contributed by atoms with E-state index in [2.05, 4.69) is 26.1 Å². The molecule has 0 N–H and O–H groups in total. The van der Waals surface area contributed by atoms with Crippen molar-refractivity contribution in [1.29, 1.82) is 5.26 Å². The zero-order chi connectivity index (χ0) is 13.2. The van der Waals surface area contributed by atoms with Crippen molar-refractivity contribution in [3.8, 4) is 6.07 Å². The molecule has 0 aliphatic carbocycles. The first-order valence-corrected chi connectivity index (χ1v) is 7.58. The second-order valence-corrected chi connectivity index (χ2v) is 4.69. The summed E-state index contributed by atoms with van der Waals surface area (Å²) in [6.07, 6.45) is 15.4. The van der Waals surface area contributed by atoms with E-state index in [0.717, 1.165) is 5.75 Å². The minimum absolute atomic E-state index is 1.07. The smallest absolute Gasteiger partial charge is 0.0905 e. The fourth-order valence-corrected chi connectivity index (χ4v) is 1.82. The number of hydrogen-bond acceptors (Lipinski definition) is 2. The van der Waals surface area contributed by atoms with E-state index in [1.807, 2.05) is 0 Å². The van der Waals surface area contributed by atoms with Crippen LogP contribution in [0.25, 0.3) is 0 Å². The maximum Gasteiger partial charge on any atom is 0.0905 e.